The normalized spacial score (nSPS) is 10.6. The summed E-state index contributed by atoms with van der Waals surface area (Å²) in [6.07, 6.45) is 5.08. The molecule has 0 aliphatic carbocycles. The van der Waals surface area contributed by atoms with Gasteiger partial charge in [0.05, 0.1) is 6.33 Å². The molecule has 0 amide bonds. The molecule has 0 fully saturated rings. The van der Waals surface area contributed by atoms with E-state index in [0.29, 0.717) is 6.54 Å². The first-order chi connectivity index (χ1) is 12.4. The quantitative estimate of drug-likeness (QED) is 0.538. The third-order valence-electron chi connectivity index (χ3n) is 3.84. The van der Waals surface area contributed by atoms with Crippen LogP contribution in [0, 0.1) is 0 Å². The van der Waals surface area contributed by atoms with E-state index in [-0.39, 0.29) is 11.1 Å². The van der Waals surface area contributed by atoms with Crippen LogP contribution in [0.5, 0.6) is 0 Å². The van der Waals surface area contributed by atoms with Gasteiger partial charge in [-0.1, -0.05) is 24.3 Å². The van der Waals surface area contributed by atoms with Gasteiger partial charge in [-0.25, -0.2) is 14.6 Å². The summed E-state index contributed by atoms with van der Waals surface area (Å²) in [5.74, 6) is -3.37. The third-order valence-corrected chi connectivity index (χ3v) is 3.84. The number of carbonyl (C=O) groups is 2. The predicted octanol–water partition coefficient (Wildman–Crippen LogP) is 1.27. The first-order valence-corrected chi connectivity index (χ1v) is 7.46. The number of anilines is 1. The summed E-state index contributed by atoms with van der Waals surface area (Å²) in [6.45, 7) is 0.537. The molecule has 0 spiro atoms. The number of hydrogen-bond donors (Lipinski definition) is 4. The largest absolute Gasteiger partial charge is 0.478 e. The number of aromatic amines is 1. The number of nitrogens with two attached hydrogens (primary N) is 1. The van der Waals surface area contributed by atoms with Crippen LogP contribution in [0.15, 0.2) is 47.8 Å². The minimum absolute atomic E-state index is 0.222. The van der Waals surface area contributed by atoms with Gasteiger partial charge in [-0.3, -0.25) is 4.79 Å². The summed E-state index contributed by atoms with van der Waals surface area (Å²) < 4.78 is 1.84. The van der Waals surface area contributed by atoms with E-state index in [1.165, 1.54) is 0 Å². The Hall–Kier alpha value is -3.88. The van der Waals surface area contributed by atoms with E-state index in [0.717, 1.165) is 5.56 Å². The van der Waals surface area contributed by atoms with Gasteiger partial charge >= 0.3 is 11.9 Å². The van der Waals surface area contributed by atoms with Gasteiger partial charge in [-0.15, -0.1) is 0 Å². The lowest BCUT2D eigenvalue weighted by Crippen LogP contribution is -2.24. The van der Waals surface area contributed by atoms with Crippen LogP contribution in [-0.4, -0.2) is 36.7 Å². The fourth-order valence-corrected chi connectivity index (χ4v) is 2.70. The molecule has 0 bridgehead atoms. The number of nitrogens with zero attached hydrogens (tertiary/aromatic N) is 2. The second-order valence-corrected chi connectivity index (χ2v) is 5.54. The summed E-state index contributed by atoms with van der Waals surface area (Å²) in [5.41, 5.74) is 4.46. The van der Waals surface area contributed by atoms with Crippen LogP contribution >= 0.6 is 0 Å². The molecule has 1 aromatic carbocycles. The Kier molecular flexibility index (Phi) is 4.27. The first kappa shape index (κ1) is 17.0. The molecule has 0 aliphatic heterocycles. The minimum atomic E-state index is -1.54. The molecule has 0 saturated heterocycles. The van der Waals surface area contributed by atoms with E-state index < -0.39 is 34.4 Å². The number of aromatic carboxylic acids is 2. The number of benzene rings is 1. The summed E-state index contributed by atoms with van der Waals surface area (Å²) in [7, 11) is 0. The van der Waals surface area contributed by atoms with E-state index in [2.05, 4.69) is 9.97 Å². The Labute approximate surface area is 146 Å². The van der Waals surface area contributed by atoms with Crippen LogP contribution in [0.25, 0.3) is 11.1 Å². The Bertz CT molecular complexity index is 1040. The average molecular weight is 354 g/mol. The molecule has 9 heteroatoms. The molecule has 132 valence electrons. The van der Waals surface area contributed by atoms with Crippen LogP contribution in [-0.2, 0) is 6.54 Å². The Morgan fingerprint density at radius 3 is 2.31 bits per heavy atom. The molecule has 26 heavy (non-hydrogen) atoms. The summed E-state index contributed by atoms with van der Waals surface area (Å²) in [4.78, 5) is 41.1. The third kappa shape index (κ3) is 3.05. The monoisotopic (exact) mass is 354 g/mol. The SMILES string of the molecule is Nc1[nH]c(=O)c(C(=O)O)c(-c2ccc(Cn3ccnc3)cc2)c1C(=O)O. The fraction of sp³-hybridized carbons (Fsp3) is 0.0588. The minimum Gasteiger partial charge on any atom is -0.478 e. The number of hydrogen-bond acceptors (Lipinski definition) is 5. The molecule has 0 saturated carbocycles. The number of nitrogens with one attached hydrogen (secondary N) is 1. The Balaban J connectivity index is 2.14. The number of carboxylic acids is 2. The molecule has 2 aromatic heterocycles. The molecule has 0 atom stereocenters. The number of nitrogen functional groups attached to an aromatic ring is 1. The fourth-order valence-electron chi connectivity index (χ4n) is 2.70. The van der Waals surface area contributed by atoms with Crippen molar-refractivity contribution in [2.75, 3.05) is 5.73 Å². The second kappa shape index (κ2) is 6.55. The van der Waals surface area contributed by atoms with Crippen LogP contribution in [0.3, 0.4) is 0 Å². The standard InChI is InChI=1S/C17H14N4O5/c18-14-12(16(23)24)11(13(17(25)26)15(22)20-14)10-3-1-9(2-4-10)7-21-6-5-19-8-21/h1-6,8H,7H2,(H,23,24)(H,25,26)(H3,18,20,22). The van der Waals surface area contributed by atoms with Crippen LogP contribution in [0.2, 0.25) is 0 Å². The van der Waals surface area contributed by atoms with Crippen LogP contribution in [0.1, 0.15) is 26.3 Å². The molecule has 2 heterocycles. The van der Waals surface area contributed by atoms with Gasteiger partial charge in [0.15, 0.2) is 0 Å². The van der Waals surface area contributed by atoms with Gasteiger partial charge in [-0.2, -0.15) is 0 Å². The molecule has 0 unspecified atom stereocenters. The maximum Gasteiger partial charge on any atom is 0.342 e. The highest BCUT2D eigenvalue weighted by atomic mass is 16.4. The van der Waals surface area contributed by atoms with Crippen molar-refractivity contribution in [1.29, 1.82) is 0 Å². The van der Waals surface area contributed by atoms with Crippen LogP contribution in [0.4, 0.5) is 5.82 Å². The zero-order valence-electron chi connectivity index (χ0n) is 13.3. The van der Waals surface area contributed by atoms with Crippen molar-refractivity contribution in [2.45, 2.75) is 6.54 Å². The lowest BCUT2D eigenvalue weighted by molar-refractivity contribution is 0.0695. The smallest absolute Gasteiger partial charge is 0.342 e. The second-order valence-electron chi connectivity index (χ2n) is 5.54. The topological polar surface area (TPSA) is 151 Å². The number of aromatic nitrogens is 3. The molecule has 0 radical (unpaired) electrons. The molecule has 3 aromatic rings. The first-order valence-electron chi connectivity index (χ1n) is 7.46. The lowest BCUT2D eigenvalue weighted by atomic mass is 9.95. The maximum atomic E-state index is 12.0. The van der Waals surface area contributed by atoms with Crippen molar-refractivity contribution in [1.82, 2.24) is 14.5 Å². The van der Waals surface area contributed by atoms with E-state index >= 15 is 0 Å². The van der Waals surface area contributed by atoms with Gasteiger partial charge in [0.1, 0.15) is 16.9 Å². The van der Waals surface area contributed by atoms with Crippen molar-refractivity contribution in [3.05, 3.63) is 70.0 Å². The Morgan fingerprint density at radius 2 is 1.77 bits per heavy atom. The van der Waals surface area contributed by atoms with Gasteiger partial charge in [0.2, 0.25) is 0 Å². The van der Waals surface area contributed by atoms with E-state index in [4.69, 9.17) is 5.73 Å². The van der Waals surface area contributed by atoms with Crippen LogP contribution < -0.4 is 11.3 Å². The van der Waals surface area contributed by atoms with Crippen molar-refractivity contribution >= 4 is 17.8 Å². The average Bonchev–Trinajstić information content (AvgIpc) is 3.07. The molecular formula is C17H14N4O5. The van der Waals surface area contributed by atoms with Crippen molar-refractivity contribution in [2.24, 2.45) is 0 Å². The molecule has 3 rings (SSSR count). The van der Waals surface area contributed by atoms with E-state index in [9.17, 15) is 24.6 Å². The Morgan fingerprint density at radius 1 is 1.12 bits per heavy atom. The van der Waals surface area contributed by atoms with E-state index in [1.54, 1.807) is 43.0 Å². The van der Waals surface area contributed by atoms with E-state index in [1.807, 2.05) is 4.57 Å². The van der Waals surface area contributed by atoms with Crippen molar-refractivity contribution in [3.63, 3.8) is 0 Å². The predicted molar refractivity (Wildman–Crippen MR) is 92.2 cm³/mol. The maximum absolute atomic E-state index is 12.0. The number of carboxylic acid groups (broad SMARTS) is 2. The van der Waals surface area contributed by atoms with Gasteiger partial charge in [0.25, 0.3) is 5.56 Å². The lowest BCUT2D eigenvalue weighted by Gasteiger charge is -2.12. The number of H-pyrrole nitrogens is 1. The van der Waals surface area contributed by atoms with Crippen molar-refractivity contribution in [3.8, 4) is 11.1 Å². The summed E-state index contributed by atoms with van der Waals surface area (Å²) >= 11 is 0. The van der Waals surface area contributed by atoms with Gasteiger partial charge in [0, 0.05) is 24.5 Å². The molecule has 0 aliphatic rings. The molecule has 9 nitrogen and oxygen atoms in total. The summed E-state index contributed by atoms with van der Waals surface area (Å²) in [5, 5.41) is 18.8. The zero-order chi connectivity index (χ0) is 18.8. The highest BCUT2D eigenvalue weighted by molar-refractivity contribution is 6.07. The number of rotatable bonds is 5. The number of imidazole rings is 1. The highest BCUT2D eigenvalue weighted by Gasteiger charge is 2.26. The highest BCUT2D eigenvalue weighted by Crippen LogP contribution is 2.29. The van der Waals surface area contributed by atoms with Gasteiger partial charge < -0.3 is 25.5 Å². The molecule has 5 N–H and O–H groups in total. The number of pyridine rings is 1. The van der Waals surface area contributed by atoms with Gasteiger partial charge in [-0.05, 0) is 11.1 Å². The zero-order valence-corrected chi connectivity index (χ0v) is 13.3. The molecular weight excluding hydrogens is 340 g/mol. The van der Waals surface area contributed by atoms with Crippen molar-refractivity contribution < 1.29 is 19.8 Å². The summed E-state index contributed by atoms with van der Waals surface area (Å²) in [6, 6.07) is 6.53.